The van der Waals surface area contributed by atoms with Crippen molar-refractivity contribution in [2.75, 3.05) is 25.1 Å². The fourth-order valence-corrected chi connectivity index (χ4v) is 1.58. The zero-order valence-electron chi connectivity index (χ0n) is 8.23. The van der Waals surface area contributed by atoms with Gasteiger partial charge in [-0.1, -0.05) is 0 Å². The molecule has 0 bridgehead atoms. The van der Waals surface area contributed by atoms with Crippen LogP contribution in [0.15, 0.2) is 0 Å². The van der Waals surface area contributed by atoms with Gasteiger partial charge in [-0.15, -0.1) is 5.10 Å². The second-order valence-electron chi connectivity index (χ2n) is 3.47. The summed E-state index contributed by atoms with van der Waals surface area (Å²) in [4.78, 5) is 6.31. The number of H-pyrrole nitrogens is 1. The number of hydrogen-bond acceptors (Lipinski definition) is 5. The maximum absolute atomic E-state index is 5.81. The third-order valence-corrected chi connectivity index (χ3v) is 2.47. The highest BCUT2D eigenvalue weighted by molar-refractivity contribution is 5.30. The molecule has 2 rings (SSSR count). The minimum atomic E-state index is 0.330. The Balaban J connectivity index is 2.01. The van der Waals surface area contributed by atoms with Crippen LogP contribution in [-0.2, 0) is 0 Å². The average molecular weight is 197 g/mol. The van der Waals surface area contributed by atoms with E-state index in [1.165, 1.54) is 0 Å². The number of nitrogens with two attached hydrogens (primary N) is 1. The molecule has 1 aromatic rings. The smallest absolute Gasteiger partial charge is 0.336 e. The highest BCUT2D eigenvalue weighted by atomic mass is 16.5. The quantitative estimate of drug-likeness (QED) is 0.683. The second kappa shape index (κ2) is 3.83. The van der Waals surface area contributed by atoms with Crippen molar-refractivity contribution in [2.45, 2.75) is 18.9 Å². The number of rotatable bonds is 2. The van der Waals surface area contributed by atoms with E-state index in [0.717, 1.165) is 31.9 Å². The minimum absolute atomic E-state index is 0.330. The summed E-state index contributed by atoms with van der Waals surface area (Å²) in [5.74, 6) is 0.772. The van der Waals surface area contributed by atoms with E-state index in [1.807, 2.05) is 0 Å². The molecule has 0 aromatic carbocycles. The molecule has 1 aromatic heterocycles. The normalized spacial score (nSPS) is 18.6. The Hall–Kier alpha value is -1.30. The summed E-state index contributed by atoms with van der Waals surface area (Å²) >= 11 is 0. The number of nitrogens with one attached hydrogen (secondary N) is 1. The molecule has 0 radical (unpaired) electrons. The van der Waals surface area contributed by atoms with Crippen LogP contribution < -0.4 is 15.4 Å². The van der Waals surface area contributed by atoms with Crippen LogP contribution in [0.3, 0.4) is 0 Å². The summed E-state index contributed by atoms with van der Waals surface area (Å²) in [7, 11) is 1.55. The lowest BCUT2D eigenvalue weighted by atomic mass is 10.1. The van der Waals surface area contributed by atoms with Gasteiger partial charge in [0.05, 0.1) is 7.11 Å². The molecule has 1 saturated heterocycles. The van der Waals surface area contributed by atoms with Gasteiger partial charge in [-0.25, -0.2) is 5.10 Å². The first-order valence-corrected chi connectivity index (χ1v) is 4.76. The van der Waals surface area contributed by atoms with Gasteiger partial charge in [-0.3, -0.25) is 0 Å². The van der Waals surface area contributed by atoms with E-state index in [9.17, 15) is 0 Å². The van der Waals surface area contributed by atoms with E-state index >= 15 is 0 Å². The molecule has 0 saturated carbocycles. The number of nitrogens with zero attached hydrogens (tertiary/aromatic N) is 3. The van der Waals surface area contributed by atoms with Crippen molar-refractivity contribution in [3.8, 4) is 6.01 Å². The highest BCUT2D eigenvalue weighted by Gasteiger charge is 2.18. The summed E-state index contributed by atoms with van der Waals surface area (Å²) < 4.78 is 4.90. The van der Waals surface area contributed by atoms with Crippen molar-refractivity contribution in [1.82, 2.24) is 15.2 Å². The van der Waals surface area contributed by atoms with Gasteiger partial charge in [0, 0.05) is 19.1 Å². The van der Waals surface area contributed by atoms with Crippen molar-refractivity contribution in [3.05, 3.63) is 0 Å². The molecule has 1 aliphatic rings. The number of piperidine rings is 1. The van der Waals surface area contributed by atoms with Gasteiger partial charge < -0.3 is 15.4 Å². The number of ether oxygens (including phenoxy) is 1. The summed E-state index contributed by atoms with van der Waals surface area (Å²) in [6.45, 7) is 1.86. The lowest BCUT2D eigenvalue weighted by Gasteiger charge is -2.29. The van der Waals surface area contributed by atoms with Crippen LogP contribution in [0.4, 0.5) is 5.95 Å². The molecule has 6 heteroatoms. The first-order chi connectivity index (χ1) is 6.79. The lowest BCUT2D eigenvalue weighted by Crippen LogP contribution is -2.40. The van der Waals surface area contributed by atoms with E-state index in [4.69, 9.17) is 10.5 Å². The van der Waals surface area contributed by atoms with E-state index in [-0.39, 0.29) is 0 Å². The van der Waals surface area contributed by atoms with Gasteiger partial charge in [0.1, 0.15) is 0 Å². The molecule has 1 fully saturated rings. The molecule has 0 aliphatic carbocycles. The Bertz CT molecular complexity index is 292. The van der Waals surface area contributed by atoms with Crippen LogP contribution in [-0.4, -0.2) is 41.4 Å². The van der Waals surface area contributed by atoms with E-state index in [1.54, 1.807) is 7.11 Å². The second-order valence-corrected chi connectivity index (χ2v) is 3.47. The van der Waals surface area contributed by atoms with Crippen molar-refractivity contribution < 1.29 is 4.74 Å². The van der Waals surface area contributed by atoms with Gasteiger partial charge in [0.2, 0.25) is 5.95 Å². The van der Waals surface area contributed by atoms with Crippen LogP contribution in [0.5, 0.6) is 6.01 Å². The zero-order chi connectivity index (χ0) is 9.97. The number of aromatic nitrogens is 3. The largest absolute Gasteiger partial charge is 0.466 e. The summed E-state index contributed by atoms with van der Waals surface area (Å²) in [5.41, 5.74) is 5.81. The zero-order valence-corrected chi connectivity index (χ0v) is 8.23. The monoisotopic (exact) mass is 197 g/mol. The highest BCUT2D eigenvalue weighted by Crippen LogP contribution is 2.16. The molecule has 1 aliphatic heterocycles. The van der Waals surface area contributed by atoms with Crippen LogP contribution in [0.25, 0.3) is 0 Å². The number of aromatic amines is 1. The van der Waals surface area contributed by atoms with Crippen LogP contribution in [0.2, 0.25) is 0 Å². The molecule has 2 heterocycles. The first-order valence-electron chi connectivity index (χ1n) is 4.76. The third kappa shape index (κ3) is 1.79. The SMILES string of the molecule is COc1n[nH]c(N2CCC(N)CC2)n1. The van der Waals surface area contributed by atoms with Crippen molar-refractivity contribution in [3.63, 3.8) is 0 Å². The number of methoxy groups -OCH3 is 1. The molecule has 0 amide bonds. The third-order valence-electron chi connectivity index (χ3n) is 2.47. The fourth-order valence-electron chi connectivity index (χ4n) is 1.58. The van der Waals surface area contributed by atoms with Crippen molar-refractivity contribution in [1.29, 1.82) is 0 Å². The molecular weight excluding hydrogens is 182 g/mol. The molecule has 6 nitrogen and oxygen atoms in total. The standard InChI is InChI=1S/C8H15N5O/c1-14-8-10-7(11-12-8)13-4-2-6(9)3-5-13/h6H,2-5,9H2,1H3,(H,10,11,12). The topological polar surface area (TPSA) is 80.1 Å². The number of hydrogen-bond donors (Lipinski definition) is 2. The fraction of sp³-hybridized carbons (Fsp3) is 0.750. The summed E-state index contributed by atoms with van der Waals surface area (Å²) in [6, 6.07) is 0.714. The average Bonchev–Trinajstić information content (AvgIpc) is 2.67. The van der Waals surface area contributed by atoms with Crippen LogP contribution in [0, 0.1) is 0 Å². The Morgan fingerprint density at radius 3 is 2.79 bits per heavy atom. The summed E-state index contributed by atoms with van der Waals surface area (Å²) in [6.07, 6.45) is 2.01. The Kier molecular flexibility index (Phi) is 2.53. The van der Waals surface area contributed by atoms with E-state index < -0.39 is 0 Å². The van der Waals surface area contributed by atoms with Gasteiger partial charge in [-0.2, -0.15) is 4.98 Å². The van der Waals surface area contributed by atoms with Crippen molar-refractivity contribution in [2.24, 2.45) is 5.73 Å². The molecule has 3 N–H and O–H groups in total. The van der Waals surface area contributed by atoms with Gasteiger partial charge >= 0.3 is 6.01 Å². The molecule has 78 valence electrons. The van der Waals surface area contributed by atoms with E-state index in [0.29, 0.717) is 12.1 Å². The van der Waals surface area contributed by atoms with Crippen molar-refractivity contribution >= 4 is 5.95 Å². The molecule has 0 unspecified atom stereocenters. The van der Waals surface area contributed by atoms with Crippen LogP contribution in [0.1, 0.15) is 12.8 Å². The van der Waals surface area contributed by atoms with Crippen LogP contribution >= 0.6 is 0 Å². The predicted molar refractivity (Wildman–Crippen MR) is 52.4 cm³/mol. The minimum Gasteiger partial charge on any atom is -0.466 e. The Morgan fingerprint density at radius 1 is 1.50 bits per heavy atom. The molecule has 0 spiro atoms. The maximum Gasteiger partial charge on any atom is 0.336 e. The predicted octanol–water partition coefficient (Wildman–Crippen LogP) is -0.259. The maximum atomic E-state index is 5.81. The molecule has 14 heavy (non-hydrogen) atoms. The first kappa shape index (κ1) is 9.26. The number of anilines is 1. The summed E-state index contributed by atoms with van der Waals surface area (Å²) in [5, 5.41) is 6.74. The van der Waals surface area contributed by atoms with E-state index in [2.05, 4.69) is 20.1 Å². The Labute approximate surface area is 82.4 Å². The van der Waals surface area contributed by atoms with Gasteiger partial charge in [0.25, 0.3) is 0 Å². The Morgan fingerprint density at radius 2 is 2.21 bits per heavy atom. The molecular formula is C8H15N5O. The van der Waals surface area contributed by atoms with Gasteiger partial charge in [-0.05, 0) is 12.8 Å². The lowest BCUT2D eigenvalue weighted by molar-refractivity contribution is 0.381. The van der Waals surface area contributed by atoms with Gasteiger partial charge in [0.15, 0.2) is 0 Å². The molecule has 0 atom stereocenters.